The zero-order chi connectivity index (χ0) is 12.0. The molecular formula is C11H18N4O. The van der Waals surface area contributed by atoms with Gasteiger partial charge in [-0.15, -0.1) is 0 Å². The quantitative estimate of drug-likeness (QED) is 0.715. The molecule has 0 aliphatic carbocycles. The van der Waals surface area contributed by atoms with Gasteiger partial charge in [0.25, 0.3) is 0 Å². The van der Waals surface area contributed by atoms with Crippen molar-refractivity contribution in [3.8, 4) is 0 Å². The summed E-state index contributed by atoms with van der Waals surface area (Å²) in [6.45, 7) is 5.01. The lowest BCUT2D eigenvalue weighted by Gasteiger charge is -2.09. The lowest BCUT2D eigenvalue weighted by atomic mass is 10.3. The predicted octanol–water partition coefficient (Wildman–Crippen LogP) is 0.551. The number of nitrogens with zero attached hydrogens (tertiary/aromatic N) is 3. The van der Waals surface area contributed by atoms with Gasteiger partial charge in [0, 0.05) is 51.6 Å². The van der Waals surface area contributed by atoms with Gasteiger partial charge in [-0.1, -0.05) is 6.58 Å². The molecular weight excluding hydrogens is 204 g/mol. The number of carbonyl (C=O) groups excluding carboxylic acids is 1. The lowest BCUT2D eigenvalue weighted by Crippen LogP contribution is -2.26. The van der Waals surface area contributed by atoms with Crippen LogP contribution in [-0.4, -0.2) is 41.2 Å². The van der Waals surface area contributed by atoms with Gasteiger partial charge in [0.1, 0.15) is 0 Å². The molecule has 0 saturated carbocycles. The Morgan fingerprint density at radius 1 is 1.69 bits per heavy atom. The van der Waals surface area contributed by atoms with Crippen LogP contribution in [0.4, 0.5) is 0 Å². The molecule has 0 radical (unpaired) electrons. The molecule has 5 nitrogen and oxygen atoms in total. The normalized spacial score (nSPS) is 10.1. The fraction of sp³-hybridized carbons (Fsp3) is 0.455. The molecule has 0 saturated heterocycles. The number of amides is 1. The molecule has 1 aromatic rings. The van der Waals surface area contributed by atoms with Crippen molar-refractivity contribution >= 4 is 12.1 Å². The number of hydrogen-bond acceptors (Lipinski definition) is 3. The van der Waals surface area contributed by atoms with Crippen LogP contribution in [0.2, 0.25) is 0 Å². The highest BCUT2D eigenvalue weighted by Gasteiger charge is 2.02. The summed E-state index contributed by atoms with van der Waals surface area (Å²) in [6, 6.07) is 0. The van der Waals surface area contributed by atoms with Crippen molar-refractivity contribution in [2.24, 2.45) is 0 Å². The fourth-order valence-electron chi connectivity index (χ4n) is 1.22. The Labute approximate surface area is 95.7 Å². The van der Waals surface area contributed by atoms with E-state index in [2.05, 4.69) is 17.0 Å². The molecule has 0 unspecified atom stereocenters. The molecule has 5 heteroatoms. The maximum atomic E-state index is 11.3. The van der Waals surface area contributed by atoms with Crippen LogP contribution >= 0.6 is 0 Å². The molecule has 16 heavy (non-hydrogen) atoms. The SMILES string of the molecule is C=Cn1cc(CNCCC(=O)N(C)C)cn1. The van der Waals surface area contributed by atoms with Gasteiger partial charge in [0.15, 0.2) is 0 Å². The van der Waals surface area contributed by atoms with E-state index in [0.29, 0.717) is 19.5 Å². The van der Waals surface area contributed by atoms with Crippen LogP contribution < -0.4 is 5.32 Å². The van der Waals surface area contributed by atoms with Gasteiger partial charge in [-0.3, -0.25) is 4.79 Å². The fourth-order valence-corrected chi connectivity index (χ4v) is 1.22. The Bertz CT molecular complexity index is 357. The number of hydrogen-bond donors (Lipinski definition) is 1. The second-order valence-corrected chi connectivity index (χ2v) is 3.73. The van der Waals surface area contributed by atoms with Crippen molar-refractivity contribution in [3.05, 3.63) is 24.5 Å². The van der Waals surface area contributed by atoms with Crippen LogP contribution in [0.15, 0.2) is 19.0 Å². The summed E-state index contributed by atoms with van der Waals surface area (Å²) in [5, 5.41) is 7.25. The highest BCUT2D eigenvalue weighted by atomic mass is 16.2. The first-order valence-corrected chi connectivity index (χ1v) is 5.20. The molecule has 0 fully saturated rings. The summed E-state index contributed by atoms with van der Waals surface area (Å²) in [6.07, 6.45) is 5.83. The molecule has 0 aliphatic heterocycles. The van der Waals surface area contributed by atoms with Crippen molar-refractivity contribution in [3.63, 3.8) is 0 Å². The van der Waals surface area contributed by atoms with Gasteiger partial charge in [-0.2, -0.15) is 5.10 Å². The average Bonchev–Trinajstić information content (AvgIpc) is 2.71. The standard InChI is InChI=1S/C11H18N4O/c1-4-15-9-10(8-13-15)7-12-6-5-11(16)14(2)3/h4,8-9,12H,1,5-7H2,2-3H3. The first-order valence-electron chi connectivity index (χ1n) is 5.20. The summed E-state index contributed by atoms with van der Waals surface area (Å²) in [5.74, 6) is 0.134. The molecule has 0 aromatic carbocycles. The van der Waals surface area contributed by atoms with E-state index >= 15 is 0 Å². The number of carbonyl (C=O) groups is 1. The number of nitrogens with one attached hydrogen (secondary N) is 1. The van der Waals surface area contributed by atoms with Crippen LogP contribution in [0, 0.1) is 0 Å². The Balaban J connectivity index is 2.20. The monoisotopic (exact) mass is 222 g/mol. The maximum Gasteiger partial charge on any atom is 0.223 e. The Hall–Kier alpha value is -1.62. The first kappa shape index (κ1) is 12.4. The molecule has 1 heterocycles. The molecule has 0 spiro atoms. The van der Waals surface area contributed by atoms with E-state index in [4.69, 9.17) is 0 Å². The maximum absolute atomic E-state index is 11.3. The minimum Gasteiger partial charge on any atom is -0.349 e. The largest absolute Gasteiger partial charge is 0.349 e. The summed E-state index contributed by atoms with van der Waals surface area (Å²) in [5.41, 5.74) is 1.08. The van der Waals surface area contributed by atoms with Crippen LogP contribution in [0.1, 0.15) is 12.0 Å². The first-order chi connectivity index (χ1) is 7.63. The summed E-state index contributed by atoms with van der Waals surface area (Å²) in [4.78, 5) is 12.9. The van der Waals surface area contributed by atoms with Crippen LogP contribution in [0.25, 0.3) is 6.20 Å². The van der Waals surface area contributed by atoms with Gasteiger partial charge >= 0.3 is 0 Å². The number of rotatable bonds is 6. The summed E-state index contributed by atoms with van der Waals surface area (Å²) >= 11 is 0. The topological polar surface area (TPSA) is 50.2 Å². The zero-order valence-electron chi connectivity index (χ0n) is 9.81. The third kappa shape index (κ3) is 3.86. The molecule has 1 N–H and O–H groups in total. The lowest BCUT2D eigenvalue weighted by molar-refractivity contribution is -0.128. The Morgan fingerprint density at radius 2 is 2.44 bits per heavy atom. The second kappa shape index (κ2) is 6.07. The minimum absolute atomic E-state index is 0.134. The molecule has 1 amide bonds. The molecule has 0 aliphatic rings. The van der Waals surface area contributed by atoms with Gasteiger partial charge < -0.3 is 10.2 Å². The van der Waals surface area contributed by atoms with E-state index < -0.39 is 0 Å². The van der Waals surface area contributed by atoms with E-state index in [9.17, 15) is 4.79 Å². The van der Waals surface area contributed by atoms with Gasteiger partial charge in [-0.05, 0) is 0 Å². The number of aromatic nitrogens is 2. The van der Waals surface area contributed by atoms with Crippen molar-refractivity contribution in [2.45, 2.75) is 13.0 Å². The minimum atomic E-state index is 0.134. The second-order valence-electron chi connectivity index (χ2n) is 3.73. The van der Waals surface area contributed by atoms with E-state index in [1.807, 2.05) is 6.20 Å². The zero-order valence-corrected chi connectivity index (χ0v) is 9.81. The molecule has 1 rings (SSSR count). The van der Waals surface area contributed by atoms with E-state index in [0.717, 1.165) is 5.56 Å². The van der Waals surface area contributed by atoms with Crippen LogP contribution in [0.3, 0.4) is 0 Å². The van der Waals surface area contributed by atoms with Gasteiger partial charge in [0.2, 0.25) is 5.91 Å². The Morgan fingerprint density at radius 3 is 3.00 bits per heavy atom. The molecule has 1 aromatic heterocycles. The van der Waals surface area contributed by atoms with Crippen molar-refractivity contribution in [1.29, 1.82) is 0 Å². The third-order valence-electron chi connectivity index (χ3n) is 2.19. The van der Waals surface area contributed by atoms with E-state index in [1.165, 1.54) is 0 Å². The molecule has 0 bridgehead atoms. The van der Waals surface area contributed by atoms with Gasteiger partial charge in [-0.25, -0.2) is 4.68 Å². The van der Waals surface area contributed by atoms with Crippen molar-refractivity contribution in [2.75, 3.05) is 20.6 Å². The molecule has 0 atom stereocenters. The van der Waals surface area contributed by atoms with E-state index in [1.54, 1.807) is 36.1 Å². The third-order valence-corrected chi connectivity index (χ3v) is 2.19. The Kier molecular flexibility index (Phi) is 4.72. The van der Waals surface area contributed by atoms with Crippen molar-refractivity contribution in [1.82, 2.24) is 20.0 Å². The smallest absolute Gasteiger partial charge is 0.223 e. The highest BCUT2D eigenvalue weighted by molar-refractivity contribution is 5.75. The highest BCUT2D eigenvalue weighted by Crippen LogP contribution is 1.97. The summed E-state index contributed by atoms with van der Waals surface area (Å²) < 4.78 is 1.65. The van der Waals surface area contributed by atoms with E-state index in [-0.39, 0.29) is 5.91 Å². The summed E-state index contributed by atoms with van der Waals surface area (Å²) in [7, 11) is 3.52. The predicted molar refractivity (Wildman–Crippen MR) is 63.6 cm³/mol. The van der Waals surface area contributed by atoms with Crippen molar-refractivity contribution < 1.29 is 4.79 Å². The molecule has 88 valence electrons. The van der Waals surface area contributed by atoms with Crippen LogP contribution in [-0.2, 0) is 11.3 Å². The average molecular weight is 222 g/mol. The van der Waals surface area contributed by atoms with Gasteiger partial charge in [0.05, 0.1) is 6.20 Å². The van der Waals surface area contributed by atoms with Crippen LogP contribution in [0.5, 0.6) is 0 Å².